The molecule has 0 unspecified atom stereocenters. The zero-order valence-electron chi connectivity index (χ0n) is 12.6. The normalized spacial score (nSPS) is 19.2. The molecule has 0 saturated heterocycles. The molecule has 1 nitrogen and oxygen atoms in total. The monoisotopic (exact) mass is 331 g/mol. The van der Waals surface area contributed by atoms with Gasteiger partial charge in [-0.15, -0.1) is 0 Å². The van der Waals surface area contributed by atoms with Crippen LogP contribution in [-0.2, 0) is 0 Å². The summed E-state index contributed by atoms with van der Waals surface area (Å²) < 4.78 is 14.3. The van der Waals surface area contributed by atoms with Crippen LogP contribution in [0.4, 0.5) is 4.39 Å². The number of nitriles is 1. The molecule has 0 fully saturated rings. The molecule has 0 aliphatic heterocycles. The van der Waals surface area contributed by atoms with E-state index in [9.17, 15) is 9.65 Å². The van der Waals surface area contributed by atoms with Gasteiger partial charge in [-0.25, -0.2) is 4.39 Å². The lowest BCUT2D eigenvalue weighted by Gasteiger charge is -2.43. The van der Waals surface area contributed by atoms with E-state index in [1.165, 1.54) is 17.2 Å². The van der Waals surface area contributed by atoms with Gasteiger partial charge in [0.2, 0.25) is 0 Å². The molecule has 3 aromatic carbocycles. The zero-order valence-corrected chi connectivity index (χ0v) is 13.3. The van der Waals surface area contributed by atoms with Crippen molar-refractivity contribution in [1.29, 1.82) is 5.26 Å². The molecule has 0 amide bonds. The highest BCUT2D eigenvalue weighted by molar-refractivity contribution is 6.32. The minimum Gasteiger partial charge on any atom is -0.205 e. The van der Waals surface area contributed by atoms with Crippen molar-refractivity contribution in [3.8, 4) is 6.07 Å². The molecular weight excluding hydrogens is 321 g/mol. The van der Waals surface area contributed by atoms with E-state index in [1.807, 2.05) is 24.3 Å². The summed E-state index contributed by atoms with van der Waals surface area (Å²) in [6.45, 7) is 0. The van der Waals surface area contributed by atoms with Gasteiger partial charge >= 0.3 is 0 Å². The summed E-state index contributed by atoms with van der Waals surface area (Å²) in [6, 6.07) is 19.8. The highest BCUT2D eigenvalue weighted by Gasteiger charge is 2.44. The van der Waals surface area contributed by atoms with Crippen LogP contribution in [0.25, 0.3) is 0 Å². The van der Waals surface area contributed by atoms with Gasteiger partial charge < -0.3 is 0 Å². The van der Waals surface area contributed by atoms with Gasteiger partial charge in [0.05, 0.1) is 16.7 Å². The van der Waals surface area contributed by atoms with Crippen LogP contribution in [0.5, 0.6) is 0 Å². The Morgan fingerprint density at radius 2 is 1.29 bits per heavy atom. The van der Waals surface area contributed by atoms with Crippen molar-refractivity contribution in [2.45, 2.75) is 11.8 Å². The van der Waals surface area contributed by atoms with Crippen LogP contribution in [0.2, 0.25) is 5.02 Å². The van der Waals surface area contributed by atoms with Crippen molar-refractivity contribution >= 4 is 11.6 Å². The Labute approximate surface area is 143 Å². The van der Waals surface area contributed by atoms with Gasteiger partial charge in [-0.1, -0.05) is 60.1 Å². The molecule has 0 saturated carbocycles. The van der Waals surface area contributed by atoms with Crippen LogP contribution in [0.3, 0.4) is 0 Å². The number of nitrogens with zero attached hydrogens (tertiary/aromatic N) is 1. The standard InChI is InChI=1S/C21H11ClFN/c22-21-16(23)9-11(10-24)17-18-12-5-1-3-7-14(12)19(20(17)21)15-8-4-2-6-13(15)18/h1-9,18-19H. The quantitative estimate of drug-likeness (QED) is 0.376. The number of halogens is 2. The molecule has 0 atom stereocenters. The van der Waals surface area contributed by atoms with E-state index < -0.39 is 5.82 Å². The molecule has 24 heavy (non-hydrogen) atoms. The number of rotatable bonds is 0. The summed E-state index contributed by atoms with van der Waals surface area (Å²) in [6.07, 6.45) is 0. The summed E-state index contributed by atoms with van der Waals surface area (Å²) in [4.78, 5) is 0. The molecule has 3 aliphatic carbocycles. The average Bonchev–Trinajstić information content (AvgIpc) is 2.64. The van der Waals surface area contributed by atoms with Crippen molar-refractivity contribution in [3.63, 3.8) is 0 Å². The topological polar surface area (TPSA) is 23.8 Å². The van der Waals surface area contributed by atoms with E-state index in [2.05, 4.69) is 30.3 Å². The van der Waals surface area contributed by atoms with Gasteiger partial charge in [0, 0.05) is 11.8 Å². The highest BCUT2D eigenvalue weighted by Crippen LogP contribution is 2.58. The van der Waals surface area contributed by atoms with Gasteiger partial charge in [0.1, 0.15) is 5.82 Å². The lowest BCUT2D eigenvalue weighted by Crippen LogP contribution is -2.29. The Hall–Kier alpha value is -2.63. The molecule has 0 spiro atoms. The summed E-state index contributed by atoms with van der Waals surface area (Å²) in [5.74, 6) is -0.702. The maximum atomic E-state index is 14.3. The summed E-state index contributed by atoms with van der Waals surface area (Å²) in [5.41, 5.74) is 6.70. The summed E-state index contributed by atoms with van der Waals surface area (Å²) in [7, 11) is 0. The Kier molecular flexibility index (Phi) is 2.69. The minimum absolute atomic E-state index is 0.0647. The third kappa shape index (κ3) is 1.53. The Bertz CT molecular complexity index is 1020. The lowest BCUT2D eigenvalue weighted by molar-refractivity contribution is 0.618. The van der Waals surface area contributed by atoms with Crippen LogP contribution >= 0.6 is 11.6 Å². The van der Waals surface area contributed by atoms with E-state index in [-0.39, 0.29) is 16.9 Å². The molecule has 0 heterocycles. The maximum Gasteiger partial charge on any atom is 0.143 e. The van der Waals surface area contributed by atoms with Crippen molar-refractivity contribution in [1.82, 2.24) is 0 Å². The molecule has 3 aliphatic rings. The number of hydrogen-bond donors (Lipinski definition) is 0. The first-order valence-corrected chi connectivity index (χ1v) is 8.19. The Morgan fingerprint density at radius 3 is 1.75 bits per heavy atom. The molecule has 0 aromatic heterocycles. The van der Waals surface area contributed by atoms with Crippen molar-refractivity contribution in [2.24, 2.45) is 0 Å². The van der Waals surface area contributed by atoms with Gasteiger partial charge in [-0.3, -0.25) is 0 Å². The van der Waals surface area contributed by atoms with Crippen LogP contribution in [0.15, 0.2) is 54.6 Å². The second kappa shape index (κ2) is 4.69. The highest BCUT2D eigenvalue weighted by atomic mass is 35.5. The lowest BCUT2D eigenvalue weighted by atomic mass is 9.60. The first-order valence-electron chi connectivity index (χ1n) is 7.82. The fourth-order valence-corrected chi connectivity index (χ4v) is 4.64. The Balaban J connectivity index is 1.98. The van der Waals surface area contributed by atoms with Crippen LogP contribution in [0, 0.1) is 17.1 Å². The third-order valence-electron chi connectivity index (χ3n) is 5.23. The van der Waals surface area contributed by atoms with Crippen LogP contribution in [0.1, 0.15) is 50.8 Å². The van der Waals surface area contributed by atoms with E-state index >= 15 is 0 Å². The fraction of sp³-hybridized carbons (Fsp3) is 0.0952. The molecule has 0 radical (unpaired) electrons. The molecule has 6 rings (SSSR count). The predicted molar refractivity (Wildman–Crippen MR) is 90.9 cm³/mol. The molecular formula is C21H11ClFN. The molecule has 3 aromatic rings. The van der Waals surface area contributed by atoms with Crippen molar-refractivity contribution in [3.05, 3.63) is 104 Å². The smallest absolute Gasteiger partial charge is 0.143 e. The largest absolute Gasteiger partial charge is 0.205 e. The summed E-state index contributed by atoms with van der Waals surface area (Å²) in [5, 5.41) is 9.71. The van der Waals surface area contributed by atoms with Crippen LogP contribution < -0.4 is 0 Å². The van der Waals surface area contributed by atoms with E-state index in [4.69, 9.17) is 11.6 Å². The van der Waals surface area contributed by atoms with Gasteiger partial charge in [-0.2, -0.15) is 5.26 Å². The van der Waals surface area contributed by atoms with Gasteiger partial charge in [0.25, 0.3) is 0 Å². The molecule has 0 N–H and O–H groups in total. The first kappa shape index (κ1) is 13.8. The van der Waals surface area contributed by atoms with Crippen molar-refractivity contribution in [2.75, 3.05) is 0 Å². The van der Waals surface area contributed by atoms with E-state index in [1.54, 1.807) is 0 Å². The second-order valence-corrected chi connectivity index (χ2v) is 6.66. The van der Waals surface area contributed by atoms with Gasteiger partial charge in [0.15, 0.2) is 0 Å². The van der Waals surface area contributed by atoms with Gasteiger partial charge in [-0.05, 0) is 39.4 Å². The first-order chi connectivity index (χ1) is 11.7. The number of benzene rings is 3. The number of hydrogen-bond acceptors (Lipinski definition) is 1. The average molecular weight is 332 g/mol. The van der Waals surface area contributed by atoms with Crippen molar-refractivity contribution < 1.29 is 4.39 Å². The fourth-order valence-electron chi connectivity index (χ4n) is 4.38. The molecule has 3 heteroatoms. The maximum absolute atomic E-state index is 14.3. The third-order valence-corrected chi connectivity index (χ3v) is 5.62. The molecule has 2 bridgehead atoms. The van der Waals surface area contributed by atoms with E-state index in [0.717, 1.165) is 22.3 Å². The second-order valence-electron chi connectivity index (χ2n) is 6.28. The van der Waals surface area contributed by atoms with Crippen LogP contribution in [-0.4, -0.2) is 0 Å². The predicted octanol–water partition coefficient (Wildman–Crippen LogP) is 5.34. The Morgan fingerprint density at radius 1 is 0.833 bits per heavy atom. The summed E-state index contributed by atoms with van der Waals surface area (Å²) >= 11 is 6.38. The zero-order chi connectivity index (χ0) is 16.4. The SMILES string of the molecule is N#Cc1cc(F)c(Cl)c2c1C1c3ccccc3C2c2ccccc21. The molecule has 114 valence electrons. The van der Waals surface area contributed by atoms with E-state index in [0.29, 0.717) is 5.56 Å². The minimum atomic E-state index is -0.519.